The summed E-state index contributed by atoms with van der Waals surface area (Å²) in [6.45, 7) is 7.76. The average molecular weight is 424 g/mol. The number of carbonyl (C=O) groups is 2. The highest BCUT2D eigenvalue weighted by Gasteiger charge is 2.30. The second-order valence-electron chi connectivity index (χ2n) is 7.51. The van der Waals surface area contributed by atoms with E-state index in [1.165, 1.54) is 5.57 Å². The lowest BCUT2D eigenvalue weighted by Gasteiger charge is -2.39. The Morgan fingerprint density at radius 2 is 1.61 bits per heavy atom. The summed E-state index contributed by atoms with van der Waals surface area (Å²) < 4.78 is 0. The standard InChI is InChI=1S/C21H27Cl2N3O2/c1-15(21(28)26-11-9-25(10-12-26)16(2)27)24-7-5-17(6-8-24)13-18-14-19(22)3-4-20(18)23/h3-4,13-15H,5-12H2,1-2H3/t15-/m1/s1. The van der Waals surface area contributed by atoms with Crippen LogP contribution in [0.5, 0.6) is 0 Å². The molecule has 0 N–H and O–H groups in total. The van der Waals surface area contributed by atoms with E-state index in [0.29, 0.717) is 36.2 Å². The van der Waals surface area contributed by atoms with Crippen molar-refractivity contribution < 1.29 is 9.59 Å². The normalized spacial score (nSPS) is 19.5. The molecule has 0 radical (unpaired) electrons. The first-order valence-corrected chi connectivity index (χ1v) is 10.5. The van der Waals surface area contributed by atoms with E-state index in [9.17, 15) is 9.59 Å². The Balaban J connectivity index is 1.54. The second-order valence-corrected chi connectivity index (χ2v) is 8.36. The van der Waals surface area contributed by atoms with Crippen molar-refractivity contribution in [1.82, 2.24) is 14.7 Å². The Morgan fingerprint density at radius 3 is 2.21 bits per heavy atom. The summed E-state index contributed by atoms with van der Waals surface area (Å²) in [4.78, 5) is 30.2. The molecule has 0 aliphatic carbocycles. The molecule has 3 rings (SSSR count). The van der Waals surface area contributed by atoms with Crippen LogP contribution in [0, 0.1) is 0 Å². The summed E-state index contributed by atoms with van der Waals surface area (Å²) in [5, 5.41) is 1.38. The van der Waals surface area contributed by atoms with E-state index in [2.05, 4.69) is 11.0 Å². The molecule has 0 spiro atoms. The van der Waals surface area contributed by atoms with Crippen LogP contribution < -0.4 is 0 Å². The molecule has 28 heavy (non-hydrogen) atoms. The maximum atomic E-state index is 12.9. The Labute approximate surface area is 176 Å². The zero-order chi connectivity index (χ0) is 20.3. The van der Waals surface area contributed by atoms with Gasteiger partial charge >= 0.3 is 0 Å². The van der Waals surface area contributed by atoms with Gasteiger partial charge in [-0.05, 0) is 43.5 Å². The van der Waals surface area contributed by atoms with E-state index in [-0.39, 0.29) is 17.9 Å². The number of benzene rings is 1. The summed E-state index contributed by atoms with van der Waals surface area (Å²) in [6.07, 6.45) is 3.95. The van der Waals surface area contributed by atoms with Gasteiger partial charge in [0.1, 0.15) is 0 Å². The van der Waals surface area contributed by atoms with Gasteiger partial charge in [-0.3, -0.25) is 14.5 Å². The topological polar surface area (TPSA) is 43.9 Å². The highest BCUT2D eigenvalue weighted by molar-refractivity contribution is 6.34. The lowest BCUT2D eigenvalue weighted by Crippen LogP contribution is -2.55. The zero-order valence-electron chi connectivity index (χ0n) is 16.5. The van der Waals surface area contributed by atoms with Gasteiger partial charge in [0, 0.05) is 56.2 Å². The summed E-state index contributed by atoms with van der Waals surface area (Å²) in [7, 11) is 0. The smallest absolute Gasteiger partial charge is 0.239 e. The van der Waals surface area contributed by atoms with E-state index in [4.69, 9.17) is 23.2 Å². The SMILES string of the molecule is CC(=O)N1CCN(C(=O)[C@@H](C)N2CCC(=Cc3cc(Cl)ccc3Cl)CC2)CC1. The third kappa shape index (κ3) is 5.07. The lowest BCUT2D eigenvalue weighted by atomic mass is 9.99. The molecule has 2 amide bonds. The number of piperidine rings is 1. The number of hydrogen-bond acceptors (Lipinski definition) is 3. The van der Waals surface area contributed by atoms with Gasteiger partial charge in [0.25, 0.3) is 0 Å². The van der Waals surface area contributed by atoms with Gasteiger partial charge in [-0.25, -0.2) is 0 Å². The highest BCUT2D eigenvalue weighted by Crippen LogP contribution is 2.27. The molecule has 5 nitrogen and oxygen atoms in total. The van der Waals surface area contributed by atoms with E-state index < -0.39 is 0 Å². The minimum Gasteiger partial charge on any atom is -0.339 e. The molecule has 0 bridgehead atoms. The minimum absolute atomic E-state index is 0.0790. The molecule has 2 aliphatic rings. The number of likely N-dealkylation sites (tertiary alicyclic amines) is 1. The van der Waals surface area contributed by atoms with Gasteiger partial charge in [-0.1, -0.05) is 34.9 Å². The number of halogens is 2. The van der Waals surface area contributed by atoms with Gasteiger partial charge < -0.3 is 9.80 Å². The fourth-order valence-corrected chi connectivity index (χ4v) is 4.20. The molecule has 0 aromatic heterocycles. The average Bonchev–Trinajstić information content (AvgIpc) is 2.70. The van der Waals surface area contributed by atoms with Gasteiger partial charge in [0.15, 0.2) is 0 Å². The van der Waals surface area contributed by atoms with Crippen molar-refractivity contribution in [3.05, 3.63) is 39.4 Å². The predicted molar refractivity (Wildman–Crippen MR) is 114 cm³/mol. The van der Waals surface area contributed by atoms with E-state index in [1.54, 1.807) is 17.9 Å². The van der Waals surface area contributed by atoms with Crippen LogP contribution in [0.3, 0.4) is 0 Å². The van der Waals surface area contributed by atoms with Crippen molar-refractivity contribution in [2.24, 2.45) is 0 Å². The van der Waals surface area contributed by atoms with Crippen LogP contribution in [0.2, 0.25) is 10.0 Å². The highest BCUT2D eigenvalue weighted by atomic mass is 35.5. The lowest BCUT2D eigenvalue weighted by molar-refractivity contribution is -0.142. The molecule has 2 heterocycles. The number of amides is 2. The Kier molecular flexibility index (Phi) is 7.02. The van der Waals surface area contributed by atoms with Crippen molar-refractivity contribution in [3.8, 4) is 0 Å². The monoisotopic (exact) mass is 423 g/mol. The molecule has 0 saturated carbocycles. The van der Waals surface area contributed by atoms with Crippen LogP contribution in [0.25, 0.3) is 6.08 Å². The predicted octanol–water partition coefficient (Wildman–Crippen LogP) is 3.55. The summed E-state index contributed by atoms with van der Waals surface area (Å²) >= 11 is 12.3. The zero-order valence-corrected chi connectivity index (χ0v) is 18.0. The first-order valence-electron chi connectivity index (χ1n) is 9.78. The molecule has 2 saturated heterocycles. The maximum absolute atomic E-state index is 12.9. The quantitative estimate of drug-likeness (QED) is 0.746. The third-order valence-corrected chi connectivity index (χ3v) is 6.28. The molecule has 0 unspecified atom stereocenters. The van der Waals surface area contributed by atoms with Crippen molar-refractivity contribution in [2.75, 3.05) is 39.3 Å². The van der Waals surface area contributed by atoms with Crippen molar-refractivity contribution >= 4 is 41.1 Å². The van der Waals surface area contributed by atoms with Crippen LogP contribution in [0.1, 0.15) is 32.3 Å². The molecule has 1 aromatic carbocycles. The molecule has 152 valence electrons. The van der Waals surface area contributed by atoms with E-state index in [0.717, 1.165) is 31.5 Å². The molecule has 2 fully saturated rings. The van der Waals surface area contributed by atoms with Gasteiger partial charge in [-0.2, -0.15) is 0 Å². The molecule has 1 aromatic rings. The van der Waals surface area contributed by atoms with Crippen LogP contribution in [-0.4, -0.2) is 71.8 Å². The first kappa shape index (κ1) is 21.2. The summed E-state index contributed by atoms with van der Waals surface area (Å²) in [5.74, 6) is 0.240. The summed E-state index contributed by atoms with van der Waals surface area (Å²) in [5.41, 5.74) is 2.28. The Bertz CT molecular complexity index is 763. The number of hydrogen-bond donors (Lipinski definition) is 0. The minimum atomic E-state index is -0.139. The molecule has 7 heteroatoms. The number of rotatable bonds is 3. The number of piperazine rings is 1. The molecular weight excluding hydrogens is 397 g/mol. The van der Waals surface area contributed by atoms with Crippen molar-refractivity contribution in [3.63, 3.8) is 0 Å². The maximum Gasteiger partial charge on any atom is 0.239 e. The van der Waals surface area contributed by atoms with Gasteiger partial charge in [-0.15, -0.1) is 0 Å². The fourth-order valence-electron chi connectivity index (χ4n) is 3.85. The van der Waals surface area contributed by atoms with Gasteiger partial charge in [0.2, 0.25) is 11.8 Å². The van der Waals surface area contributed by atoms with E-state index >= 15 is 0 Å². The van der Waals surface area contributed by atoms with Crippen LogP contribution in [0.15, 0.2) is 23.8 Å². The third-order valence-electron chi connectivity index (χ3n) is 5.70. The van der Waals surface area contributed by atoms with Crippen molar-refractivity contribution in [2.45, 2.75) is 32.7 Å². The first-order chi connectivity index (χ1) is 13.3. The number of carbonyl (C=O) groups excluding carboxylic acids is 2. The van der Waals surface area contributed by atoms with Crippen LogP contribution in [-0.2, 0) is 9.59 Å². The summed E-state index contributed by atoms with van der Waals surface area (Å²) in [6, 6.07) is 5.35. The Hall–Kier alpha value is -1.56. The largest absolute Gasteiger partial charge is 0.339 e. The molecular formula is C21H27Cl2N3O2. The van der Waals surface area contributed by atoms with Crippen LogP contribution >= 0.6 is 23.2 Å². The van der Waals surface area contributed by atoms with Crippen molar-refractivity contribution in [1.29, 1.82) is 0 Å². The number of nitrogens with zero attached hydrogens (tertiary/aromatic N) is 3. The van der Waals surface area contributed by atoms with E-state index in [1.807, 2.05) is 24.0 Å². The fraction of sp³-hybridized carbons (Fsp3) is 0.524. The molecule has 2 aliphatic heterocycles. The second kappa shape index (κ2) is 9.29. The van der Waals surface area contributed by atoms with Gasteiger partial charge in [0.05, 0.1) is 6.04 Å². The Morgan fingerprint density at radius 1 is 1.00 bits per heavy atom. The van der Waals surface area contributed by atoms with Crippen LogP contribution in [0.4, 0.5) is 0 Å². The molecule has 1 atom stereocenters.